The Kier molecular flexibility index (Phi) is 4.00. The van der Waals surface area contributed by atoms with Gasteiger partial charge in [0.15, 0.2) is 5.17 Å². The number of hydrogen-bond acceptors (Lipinski definition) is 3. The quantitative estimate of drug-likeness (QED) is 0.597. The van der Waals surface area contributed by atoms with Crippen molar-refractivity contribution in [1.82, 2.24) is 4.98 Å². The Morgan fingerprint density at radius 2 is 2.04 bits per heavy atom. The first-order valence-corrected chi connectivity index (χ1v) is 8.91. The zero-order valence-corrected chi connectivity index (χ0v) is 14.8. The van der Waals surface area contributed by atoms with Crippen molar-refractivity contribution in [2.45, 2.75) is 0 Å². The summed E-state index contributed by atoms with van der Waals surface area (Å²) in [4.78, 5) is 20.1. The molecule has 0 radical (unpaired) electrons. The highest BCUT2D eigenvalue weighted by atomic mass is 79.9. The topological polar surface area (TPSA) is 57.2 Å². The number of anilines is 1. The summed E-state index contributed by atoms with van der Waals surface area (Å²) < 4.78 is 0.969. The first kappa shape index (κ1) is 15.2. The van der Waals surface area contributed by atoms with Gasteiger partial charge in [0.05, 0.1) is 4.91 Å². The second kappa shape index (κ2) is 6.30. The molecule has 24 heavy (non-hydrogen) atoms. The first-order valence-electron chi connectivity index (χ1n) is 7.30. The van der Waals surface area contributed by atoms with E-state index in [1.54, 1.807) is 0 Å². The summed E-state index contributed by atoms with van der Waals surface area (Å²) in [7, 11) is 0. The molecule has 0 saturated carbocycles. The second-order valence-corrected chi connectivity index (χ2v) is 7.20. The van der Waals surface area contributed by atoms with E-state index >= 15 is 0 Å². The number of thioether (sulfide) groups is 1. The molecule has 4 nitrogen and oxygen atoms in total. The molecule has 1 aliphatic heterocycles. The molecule has 6 heteroatoms. The number of para-hydroxylation sites is 1. The summed E-state index contributed by atoms with van der Waals surface area (Å²) in [5.41, 5.74) is 2.92. The zero-order valence-electron chi connectivity index (χ0n) is 12.4. The van der Waals surface area contributed by atoms with Crippen molar-refractivity contribution in [2.24, 2.45) is 4.99 Å². The number of aliphatic imine (C=N–C) groups is 1. The predicted molar refractivity (Wildman–Crippen MR) is 104 cm³/mol. The molecular formula is C18H12BrN3OS. The molecular weight excluding hydrogens is 386 g/mol. The van der Waals surface area contributed by atoms with E-state index in [9.17, 15) is 4.79 Å². The van der Waals surface area contributed by atoms with Crippen LogP contribution >= 0.6 is 27.7 Å². The Hall–Kier alpha value is -2.31. The van der Waals surface area contributed by atoms with Crippen LogP contribution in [0.1, 0.15) is 5.56 Å². The van der Waals surface area contributed by atoms with E-state index in [-0.39, 0.29) is 5.91 Å². The zero-order chi connectivity index (χ0) is 16.5. The highest BCUT2D eigenvalue weighted by Gasteiger charge is 2.22. The molecule has 0 saturated heterocycles. The van der Waals surface area contributed by atoms with Gasteiger partial charge >= 0.3 is 0 Å². The molecule has 2 heterocycles. The lowest BCUT2D eigenvalue weighted by Gasteiger charge is -2.04. The minimum absolute atomic E-state index is 0.220. The number of amidine groups is 1. The van der Waals surface area contributed by atoms with E-state index in [2.05, 4.69) is 31.2 Å². The van der Waals surface area contributed by atoms with E-state index < -0.39 is 0 Å². The van der Waals surface area contributed by atoms with Crippen molar-refractivity contribution in [3.8, 4) is 0 Å². The van der Waals surface area contributed by atoms with Crippen LogP contribution in [0.5, 0.6) is 0 Å². The Morgan fingerprint density at radius 1 is 1.17 bits per heavy atom. The van der Waals surface area contributed by atoms with Crippen LogP contribution < -0.4 is 5.32 Å². The monoisotopic (exact) mass is 397 g/mol. The van der Waals surface area contributed by atoms with Crippen molar-refractivity contribution in [3.05, 3.63) is 69.7 Å². The number of halogens is 1. The van der Waals surface area contributed by atoms with E-state index in [1.807, 2.05) is 60.8 Å². The largest absolute Gasteiger partial charge is 0.361 e. The maximum absolute atomic E-state index is 12.2. The number of nitrogens with one attached hydrogen (secondary N) is 2. The molecule has 2 N–H and O–H groups in total. The first-order chi connectivity index (χ1) is 11.7. The fourth-order valence-corrected chi connectivity index (χ4v) is 3.73. The van der Waals surface area contributed by atoms with Crippen LogP contribution in [0.2, 0.25) is 0 Å². The number of benzene rings is 2. The number of carbonyl (C=O) groups excluding carboxylic acids is 1. The van der Waals surface area contributed by atoms with Crippen molar-refractivity contribution >= 4 is 61.4 Å². The molecule has 1 aromatic heterocycles. The number of aromatic nitrogens is 1. The number of rotatable bonds is 2. The van der Waals surface area contributed by atoms with Gasteiger partial charge in [-0.05, 0) is 42.1 Å². The second-order valence-electron chi connectivity index (χ2n) is 5.26. The van der Waals surface area contributed by atoms with Crippen LogP contribution in [0.4, 0.5) is 5.69 Å². The SMILES string of the molecule is O=C1N=C(Nc2cccc(Br)c2)S/C1=C\c1c[nH]c2ccccc12. The smallest absolute Gasteiger partial charge is 0.286 e. The molecule has 118 valence electrons. The number of fused-ring (bicyclic) bond motifs is 1. The molecule has 0 atom stereocenters. The van der Waals surface area contributed by atoms with Gasteiger partial charge in [0, 0.05) is 32.8 Å². The van der Waals surface area contributed by atoms with Crippen molar-refractivity contribution in [1.29, 1.82) is 0 Å². The van der Waals surface area contributed by atoms with Crippen molar-refractivity contribution in [2.75, 3.05) is 5.32 Å². The molecule has 0 aliphatic carbocycles. The van der Waals surface area contributed by atoms with Crippen LogP contribution in [0.3, 0.4) is 0 Å². The number of aromatic amines is 1. The van der Waals surface area contributed by atoms with Crippen LogP contribution in [-0.2, 0) is 4.79 Å². The maximum atomic E-state index is 12.2. The van der Waals surface area contributed by atoms with E-state index in [0.717, 1.165) is 26.6 Å². The Morgan fingerprint density at radius 3 is 2.92 bits per heavy atom. The molecule has 4 rings (SSSR count). The number of carbonyl (C=O) groups is 1. The molecule has 2 aromatic carbocycles. The summed E-state index contributed by atoms with van der Waals surface area (Å²) in [6.07, 6.45) is 3.79. The summed E-state index contributed by atoms with van der Waals surface area (Å²) in [5, 5.41) is 4.85. The van der Waals surface area contributed by atoms with Crippen LogP contribution in [0.25, 0.3) is 17.0 Å². The van der Waals surface area contributed by atoms with Crippen LogP contribution in [0.15, 0.2) is 69.1 Å². The summed E-state index contributed by atoms with van der Waals surface area (Å²) >= 11 is 4.78. The number of hydrogen-bond donors (Lipinski definition) is 2. The summed E-state index contributed by atoms with van der Waals surface area (Å²) in [6, 6.07) is 15.8. The molecule has 0 spiro atoms. The number of amides is 1. The Bertz CT molecular complexity index is 1010. The fourth-order valence-electron chi connectivity index (χ4n) is 2.51. The van der Waals surface area contributed by atoms with E-state index in [4.69, 9.17) is 0 Å². The van der Waals surface area contributed by atoms with Crippen LogP contribution in [0, 0.1) is 0 Å². The average Bonchev–Trinajstić information content (AvgIpc) is 3.12. The minimum atomic E-state index is -0.220. The highest BCUT2D eigenvalue weighted by Crippen LogP contribution is 2.31. The van der Waals surface area contributed by atoms with Gasteiger partial charge in [-0.2, -0.15) is 4.99 Å². The van der Waals surface area contributed by atoms with Gasteiger partial charge in [-0.3, -0.25) is 4.79 Å². The molecule has 1 aliphatic rings. The lowest BCUT2D eigenvalue weighted by atomic mass is 10.1. The summed E-state index contributed by atoms with van der Waals surface area (Å²) in [6.45, 7) is 0. The van der Waals surface area contributed by atoms with Gasteiger partial charge in [0.25, 0.3) is 5.91 Å². The van der Waals surface area contributed by atoms with Gasteiger partial charge in [0.2, 0.25) is 0 Å². The Labute approximate surface area is 151 Å². The van der Waals surface area contributed by atoms with Gasteiger partial charge in [-0.1, -0.05) is 40.2 Å². The number of H-pyrrole nitrogens is 1. The molecule has 0 unspecified atom stereocenters. The predicted octanol–water partition coefficient (Wildman–Crippen LogP) is 5.01. The third-order valence-corrected chi connectivity index (χ3v) is 5.00. The van der Waals surface area contributed by atoms with Gasteiger partial charge < -0.3 is 10.3 Å². The summed E-state index contributed by atoms with van der Waals surface area (Å²) in [5.74, 6) is -0.220. The van der Waals surface area contributed by atoms with Crippen LogP contribution in [-0.4, -0.2) is 16.1 Å². The third-order valence-electron chi connectivity index (χ3n) is 3.60. The fraction of sp³-hybridized carbons (Fsp3) is 0. The van der Waals surface area contributed by atoms with Gasteiger partial charge in [0.1, 0.15) is 0 Å². The molecule has 0 fully saturated rings. The standard InChI is InChI=1S/C18H12BrN3OS/c19-12-4-3-5-13(9-12)21-18-22-17(23)16(24-18)8-11-10-20-15-7-2-1-6-14(11)15/h1-10,20H,(H,21,22,23)/b16-8-. The van der Waals surface area contributed by atoms with E-state index in [0.29, 0.717) is 10.1 Å². The molecule has 3 aromatic rings. The van der Waals surface area contributed by atoms with Gasteiger partial charge in [-0.15, -0.1) is 0 Å². The maximum Gasteiger partial charge on any atom is 0.286 e. The highest BCUT2D eigenvalue weighted by molar-refractivity contribution is 9.10. The third kappa shape index (κ3) is 3.02. The average molecular weight is 398 g/mol. The number of nitrogens with zero attached hydrogens (tertiary/aromatic N) is 1. The lowest BCUT2D eigenvalue weighted by Crippen LogP contribution is -2.04. The Balaban J connectivity index is 1.57. The molecule has 1 amide bonds. The van der Waals surface area contributed by atoms with Crippen molar-refractivity contribution < 1.29 is 4.79 Å². The normalized spacial score (nSPS) is 16.0. The van der Waals surface area contributed by atoms with E-state index in [1.165, 1.54) is 11.8 Å². The van der Waals surface area contributed by atoms with Gasteiger partial charge in [-0.25, -0.2) is 0 Å². The van der Waals surface area contributed by atoms with Crippen molar-refractivity contribution in [3.63, 3.8) is 0 Å². The molecule has 0 bridgehead atoms. The lowest BCUT2D eigenvalue weighted by molar-refractivity contribution is -0.113. The minimum Gasteiger partial charge on any atom is -0.361 e.